The van der Waals surface area contributed by atoms with Gasteiger partial charge in [0, 0.05) is 23.2 Å². The van der Waals surface area contributed by atoms with Gasteiger partial charge in [0.2, 0.25) is 0 Å². The predicted octanol–water partition coefficient (Wildman–Crippen LogP) is 4.23. The summed E-state index contributed by atoms with van der Waals surface area (Å²) in [5, 5.41) is 0.762. The van der Waals surface area contributed by atoms with Gasteiger partial charge in [0.25, 0.3) is 6.02 Å². The van der Waals surface area contributed by atoms with Gasteiger partial charge in [-0.15, -0.1) is 0 Å². The fourth-order valence-corrected chi connectivity index (χ4v) is 3.28. The molecule has 1 aliphatic heterocycles. The number of Topliss-reactive ketones (excluding diaryl/α,β-unsaturated/α-hetero) is 1. The standard InChI is InChI=1S/C19H16Cl2FN3O2/c1-11-8-19(10-22,25-18(23)27-11)14-6-12(2-4-15(14)21)7-17(26)16-5-3-13(20)9-24-16/h2-6,8-9H,7,10H2,1H3,(H2,23,25). The maximum Gasteiger partial charge on any atom is 0.288 e. The Hall–Kier alpha value is -2.44. The minimum absolute atomic E-state index is 0.0690. The fourth-order valence-electron chi connectivity index (χ4n) is 2.89. The Balaban J connectivity index is 1.96. The molecule has 27 heavy (non-hydrogen) atoms. The molecule has 0 bridgehead atoms. The van der Waals surface area contributed by atoms with E-state index in [9.17, 15) is 9.18 Å². The van der Waals surface area contributed by atoms with Gasteiger partial charge in [-0.25, -0.2) is 9.38 Å². The molecular formula is C19H16Cl2FN3O2. The average molecular weight is 408 g/mol. The number of alkyl halides is 1. The van der Waals surface area contributed by atoms with E-state index in [4.69, 9.17) is 33.7 Å². The van der Waals surface area contributed by atoms with E-state index in [1.807, 2.05) is 0 Å². The highest BCUT2D eigenvalue weighted by Crippen LogP contribution is 2.37. The Labute approximate surface area is 165 Å². The molecule has 3 rings (SSSR count). The van der Waals surface area contributed by atoms with E-state index in [1.54, 1.807) is 37.3 Å². The van der Waals surface area contributed by atoms with Crippen molar-refractivity contribution in [2.24, 2.45) is 10.7 Å². The summed E-state index contributed by atoms with van der Waals surface area (Å²) in [6, 6.07) is 7.98. The third-order valence-electron chi connectivity index (χ3n) is 4.10. The van der Waals surface area contributed by atoms with Crippen LogP contribution in [-0.2, 0) is 16.7 Å². The number of pyridine rings is 1. The van der Waals surface area contributed by atoms with Crippen molar-refractivity contribution in [1.82, 2.24) is 4.98 Å². The molecule has 0 radical (unpaired) electrons. The van der Waals surface area contributed by atoms with Crippen LogP contribution in [0.25, 0.3) is 0 Å². The normalized spacial score (nSPS) is 19.1. The number of halogens is 3. The molecule has 2 heterocycles. The number of carbonyl (C=O) groups is 1. The number of allylic oxidation sites excluding steroid dienone is 1. The largest absolute Gasteiger partial charge is 0.431 e. The van der Waals surface area contributed by atoms with Crippen molar-refractivity contribution in [2.75, 3.05) is 6.67 Å². The molecule has 0 amide bonds. The van der Waals surface area contributed by atoms with E-state index < -0.39 is 12.2 Å². The average Bonchev–Trinajstić information content (AvgIpc) is 2.62. The van der Waals surface area contributed by atoms with Gasteiger partial charge in [-0.1, -0.05) is 35.3 Å². The molecule has 1 aromatic heterocycles. The van der Waals surface area contributed by atoms with Crippen molar-refractivity contribution in [3.05, 3.63) is 75.2 Å². The first-order valence-electron chi connectivity index (χ1n) is 8.05. The molecule has 1 atom stereocenters. The molecule has 2 aromatic rings. The highest BCUT2D eigenvalue weighted by Gasteiger charge is 2.36. The van der Waals surface area contributed by atoms with Crippen LogP contribution in [0.4, 0.5) is 4.39 Å². The van der Waals surface area contributed by atoms with E-state index >= 15 is 0 Å². The lowest BCUT2D eigenvalue weighted by Crippen LogP contribution is -2.33. The number of ether oxygens (including phenoxy) is 1. The number of nitrogens with zero attached hydrogens (tertiary/aromatic N) is 2. The van der Waals surface area contributed by atoms with Gasteiger partial charge in [-0.3, -0.25) is 9.78 Å². The third kappa shape index (κ3) is 4.12. The van der Waals surface area contributed by atoms with Gasteiger partial charge in [0.1, 0.15) is 23.7 Å². The minimum atomic E-state index is -1.39. The SMILES string of the molecule is CC1=CC(CF)(c2cc(CC(=O)c3ccc(Cl)cn3)ccc2Cl)N=C(N)O1. The lowest BCUT2D eigenvalue weighted by atomic mass is 9.88. The number of amidine groups is 1. The lowest BCUT2D eigenvalue weighted by molar-refractivity contribution is 0.0988. The summed E-state index contributed by atoms with van der Waals surface area (Å²) in [7, 11) is 0. The van der Waals surface area contributed by atoms with Gasteiger partial charge in [-0.2, -0.15) is 0 Å². The number of benzene rings is 1. The van der Waals surface area contributed by atoms with Crippen molar-refractivity contribution in [2.45, 2.75) is 18.9 Å². The predicted molar refractivity (Wildman–Crippen MR) is 103 cm³/mol. The van der Waals surface area contributed by atoms with E-state index in [0.29, 0.717) is 32.6 Å². The zero-order chi connectivity index (χ0) is 19.6. The molecule has 2 N–H and O–H groups in total. The molecule has 0 saturated heterocycles. The maximum absolute atomic E-state index is 14.0. The van der Waals surface area contributed by atoms with Crippen LogP contribution in [0.1, 0.15) is 28.5 Å². The second kappa shape index (κ2) is 7.66. The van der Waals surface area contributed by atoms with Crippen LogP contribution in [0.3, 0.4) is 0 Å². The number of nitrogens with two attached hydrogens (primary N) is 1. The second-order valence-corrected chi connectivity index (χ2v) is 6.98. The van der Waals surface area contributed by atoms with Crippen molar-refractivity contribution >= 4 is 35.0 Å². The van der Waals surface area contributed by atoms with Crippen molar-refractivity contribution in [3.63, 3.8) is 0 Å². The van der Waals surface area contributed by atoms with Gasteiger partial charge in [0.05, 0.1) is 5.02 Å². The van der Waals surface area contributed by atoms with Crippen molar-refractivity contribution in [3.8, 4) is 0 Å². The molecule has 5 nitrogen and oxygen atoms in total. The Bertz CT molecular complexity index is 924. The van der Waals surface area contributed by atoms with Gasteiger partial charge < -0.3 is 10.5 Å². The molecule has 1 aromatic carbocycles. The summed E-state index contributed by atoms with van der Waals surface area (Å²) in [4.78, 5) is 20.6. The fraction of sp³-hybridized carbons (Fsp3) is 0.211. The molecular weight excluding hydrogens is 392 g/mol. The summed E-state index contributed by atoms with van der Waals surface area (Å²) in [5.74, 6) is 0.221. The molecule has 8 heteroatoms. The Kier molecular flexibility index (Phi) is 5.48. The monoisotopic (exact) mass is 407 g/mol. The Morgan fingerprint density at radius 1 is 1.30 bits per heavy atom. The lowest BCUT2D eigenvalue weighted by Gasteiger charge is -2.29. The molecule has 0 saturated carbocycles. The smallest absolute Gasteiger partial charge is 0.288 e. The molecule has 1 aliphatic rings. The second-order valence-electron chi connectivity index (χ2n) is 6.14. The number of rotatable bonds is 5. The first-order valence-corrected chi connectivity index (χ1v) is 8.81. The van der Waals surface area contributed by atoms with Crippen LogP contribution in [0.15, 0.2) is 53.4 Å². The molecule has 0 aliphatic carbocycles. The van der Waals surface area contributed by atoms with Gasteiger partial charge in [-0.05, 0) is 36.8 Å². The van der Waals surface area contributed by atoms with Crippen LogP contribution < -0.4 is 5.73 Å². The summed E-state index contributed by atoms with van der Waals surface area (Å²) in [5.41, 5.74) is 5.64. The molecule has 0 spiro atoms. The number of hydrogen-bond donors (Lipinski definition) is 1. The number of aromatic nitrogens is 1. The zero-order valence-electron chi connectivity index (χ0n) is 14.4. The quantitative estimate of drug-likeness (QED) is 0.752. The summed E-state index contributed by atoms with van der Waals surface area (Å²) >= 11 is 12.1. The number of hydrogen-bond acceptors (Lipinski definition) is 5. The van der Waals surface area contributed by atoms with Crippen molar-refractivity contribution < 1.29 is 13.9 Å². The Morgan fingerprint density at radius 2 is 2.07 bits per heavy atom. The number of ketones is 1. The van der Waals surface area contributed by atoms with Crippen LogP contribution in [0.5, 0.6) is 0 Å². The van der Waals surface area contributed by atoms with E-state index in [2.05, 4.69) is 9.98 Å². The number of carbonyl (C=O) groups excluding carboxylic acids is 1. The van der Waals surface area contributed by atoms with E-state index in [1.165, 1.54) is 12.3 Å². The molecule has 0 fully saturated rings. The summed E-state index contributed by atoms with van der Waals surface area (Å²) in [6.45, 7) is 0.795. The van der Waals surface area contributed by atoms with Crippen LogP contribution in [0.2, 0.25) is 10.0 Å². The highest BCUT2D eigenvalue weighted by molar-refractivity contribution is 6.31. The van der Waals surface area contributed by atoms with Gasteiger partial charge >= 0.3 is 0 Å². The number of aliphatic imine (C=N–C) groups is 1. The minimum Gasteiger partial charge on any atom is -0.431 e. The van der Waals surface area contributed by atoms with Crippen molar-refractivity contribution in [1.29, 1.82) is 0 Å². The summed E-state index contributed by atoms with van der Waals surface area (Å²) in [6.07, 6.45) is 3.00. The topological polar surface area (TPSA) is 77.6 Å². The van der Waals surface area contributed by atoms with Crippen LogP contribution in [0, 0.1) is 0 Å². The first kappa shape index (κ1) is 19.3. The van der Waals surface area contributed by atoms with Gasteiger partial charge in [0.15, 0.2) is 5.78 Å². The highest BCUT2D eigenvalue weighted by atomic mass is 35.5. The van der Waals surface area contributed by atoms with Crippen LogP contribution >= 0.6 is 23.2 Å². The summed E-state index contributed by atoms with van der Waals surface area (Å²) < 4.78 is 19.2. The zero-order valence-corrected chi connectivity index (χ0v) is 15.9. The Morgan fingerprint density at radius 3 is 2.70 bits per heavy atom. The third-order valence-corrected chi connectivity index (χ3v) is 4.65. The maximum atomic E-state index is 14.0. The van der Waals surface area contributed by atoms with E-state index in [0.717, 1.165) is 0 Å². The van der Waals surface area contributed by atoms with Crippen LogP contribution in [-0.4, -0.2) is 23.5 Å². The molecule has 140 valence electrons. The molecule has 1 unspecified atom stereocenters. The van der Waals surface area contributed by atoms with E-state index in [-0.39, 0.29) is 18.2 Å². The first-order chi connectivity index (χ1) is 12.8.